The number of carbonyl (C=O) groups is 1. The Morgan fingerprint density at radius 2 is 1.72 bits per heavy atom. The van der Waals surface area contributed by atoms with Crippen LogP contribution in [-0.4, -0.2) is 30.4 Å². The first kappa shape index (κ1) is 18.7. The third-order valence-electron chi connectivity index (χ3n) is 4.59. The molecule has 0 aliphatic rings. The molecule has 0 saturated carbocycles. The molecule has 7 heteroatoms. The van der Waals surface area contributed by atoms with Crippen LogP contribution in [0.5, 0.6) is 0 Å². The highest BCUT2D eigenvalue weighted by Gasteiger charge is 2.19. The van der Waals surface area contributed by atoms with E-state index in [2.05, 4.69) is 15.1 Å². The van der Waals surface area contributed by atoms with Gasteiger partial charge in [-0.05, 0) is 49.7 Å². The second-order valence-electron chi connectivity index (χ2n) is 6.93. The summed E-state index contributed by atoms with van der Waals surface area (Å²) in [5.74, 6) is 0.410. The van der Waals surface area contributed by atoms with E-state index in [1.54, 1.807) is 9.42 Å². The van der Waals surface area contributed by atoms with Crippen molar-refractivity contribution in [3.05, 3.63) is 94.8 Å². The Kier molecular flexibility index (Phi) is 5.03. The molecular formula is C22H20FN5O. The first-order valence-electron chi connectivity index (χ1n) is 9.28. The molecule has 0 unspecified atom stereocenters. The zero-order chi connectivity index (χ0) is 20.4. The van der Waals surface area contributed by atoms with Crippen molar-refractivity contribution in [2.75, 3.05) is 0 Å². The smallest absolute Gasteiger partial charge is 0.254 e. The van der Waals surface area contributed by atoms with Crippen molar-refractivity contribution in [1.29, 1.82) is 0 Å². The van der Waals surface area contributed by atoms with Crippen LogP contribution in [0.3, 0.4) is 0 Å². The molecule has 146 valence electrons. The van der Waals surface area contributed by atoms with Crippen molar-refractivity contribution in [3.63, 3.8) is 0 Å². The van der Waals surface area contributed by atoms with Gasteiger partial charge in [-0.2, -0.15) is 4.98 Å². The summed E-state index contributed by atoms with van der Waals surface area (Å²) in [4.78, 5) is 23.7. The summed E-state index contributed by atoms with van der Waals surface area (Å²) in [7, 11) is 0. The lowest BCUT2D eigenvalue weighted by atomic mass is 10.1. The maximum atomic E-state index is 13.3. The van der Waals surface area contributed by atoms with Gasteiger partial charge in [0.2, 0.25) is 0 Å². The van der Waals surface area contributed by atoms with Crippen molar-refractivity contribution in [2.24, 2.45) is 0 Å². The molecule has 1 amide bonds. The minimum absolute atomic E-state index is 0.214. The lowest BCUT2D eigenvalue weighted by Crippen LogP contribution is -2.30. The summed E-state index contributed by atoms with van der Waals surface area (Å²) in [6.45, 7) is 4.44. The minimum atomic E-state index is -0.380. The number of hydrogen-bond acceptors (Lipinski definition) is 4. The second-order valence-corrected chi connectivity index (χ2v) is 6.93. The predicted molar refractivity (Wildman–Crippen MR) is 107 cm³/mol. The van der Waals surface area contributed by atoms with Gasteiger partial charge in [0.25, 0.3) is 11.7 Å². The molecule has 0 radical (unpaired) electrons. The van der Waals surface area contributed by atoms with Crippen LogP contribution >= 0.6 is 0 Å². The third kappa shape index (κ3) is 4.13. The topological polar surface area (TPSA) is 63.4 Å². The molecule has 0 bridgehead atoms. The van der Waals surface area contributed by atoms with Crippen LogP contribution in [0.25, 0.3) is 5.78 Å². The van der Waals surface area contributed by atoms with Gasteiger partial charge in [0, 0.05) is 23.5 Å². The maximum Gasteiger partial charge on any atom is 0.254 e. The second kappa shape index (κ2) is 7.79. The number of rotatable bonds is 5. The minimum Gasteiger partial charge on any atom is -0.327 e. The van der Waals surface area contributed by atoms with Crippen molar-refractivity contribution in [1.82, 2.24) is 24.5 Å². The Morgan fingerprint density at radius 3 is 2.45 bits per heavy atom. The highest BCUT2D eigenvalue weighted by atomic mass is 19.1. The van der Waals surface area contributed by atoms with Crippen molar-refractivity contribution in [2.45, 2.75) is 26.9 Å². The SMILES string of the molecule is Cc1cc(C)n2nc(CN(Cc3ccccc3)C(=O)c3ccc(F)cc3)nc2n1. The van der Waals surface area contributed by atoms with E-state index in [-0.39, 0.29) is 18.3 Å². The lowest BCUT2D eigenvalue weighted by Gasteiger charge is -2.21. The van der Waals surface area contributed by atoms with E-state index >= 15 is 0 Å². The van der Waals surface area contributed by atoms with E-state index < -0.39 is 0 Å². The maximum absolute atomic E-state index is 13.3. The van der Waals surface area contributed by atoms with Gasteiger partial charge in [0.15, 0.2) is 5.82 Å². The Labute approximate surface area is 167 Å². The highest BCUT2D eigenvalue weighted by Crippen LogP contribution is 2.15. The molecule has 2 aromatic carbocycles. The van der Waals surface area contributed by atoms with Crippen LogP contribution in [0.2, 0.25) is 0 Å². The van der Waals surface area contributed by atoms with Crippen molar-refractivity contribution < 1.29 is 9.18 Å². The average molecular weight is 389 g/mol. The summed E-state index contributed by atoms with van der Waals surface area (Å²) in [5, 5.41) is 4.51. The van der Waals surface area contributed by atoms with Gasteiger partial charge in [-0.3, -0.25) is 4.79 Å². The molecule has 0 spiro atoms. The number of halogens is 1. The average Bonchev–Trinajstić information content (AvgIpc) is 3.11. The molecule has 0 fully saturated rings. The number of fused-ring (bicyclic) bond motifs is 1. The summed E-state index contributed by atoms with van der Waals surface area (Å²) < 4.78 is 15.0. The quantitative estimate of drug-likeness (QED) is 0.522. The monoisotopic (exact) mass is 389 g/mol. The molecule has 0 saturated heterocycles. The molecule has 29 heavy (non-hydrogen) atoms. The normalized spacial score (nSPS) is 11.0. The van der Waals surface area contributed by atoms with Crippen molar-refractivity contribution in [3.8, 4) is 0 Å². The van der Waals surface area contributed by atoms with Gasteiger partial charge in [0.05, 0.1) is 6.54 Å². The Bertz CT molecular complexity index is 1160. The van der Waals surface area contributed by atoms with Crippen LogP contribution in [0.4, 0.5) is 4.39 Å². The van der Waals surface area contributed by atoms with Crippen molar-refractivity contribution >= 4 is 11.7 Å². The fraction of sp³-hybridized carbons (Fsp3) is 0.182. The Hall–Kier alpha value is -3.61. The number of carbonyl (C=O) groups excluding carboxylic acids is 1. The molecule has 0 aliphatic carbocycles. The number of nitrogens with zero attached hydrogens (tertiary/aromatic N) is 5. The number of hydrogen-bond donors (Lipinski definition) is 0. The van der Waals surface area contributed by atoms with Gasteiger partial charge in [0.1, 0.15) is 5.82 Å². The summed E-state index contributed by atoms with van der Waals surface area (Å²) in [6, 6.07) is 17.2. The molecular weight excluding hydrogens is 369 g/mol. The molecule has 2 heterocycles. The zero-order valence-electron chi connectivity index (χ0n) is 16.2. The van der Waals surface area contributed by atoms with Gasteiger partial charge < -0.3 is 4.90 Å². The third-order valence-corrected chi connectivity index (χ3v) is 4.59. The first-order chi connectivity index (χ1) is 14.0. The number of benzene rings is 2. The van der Waals surface area contributed by atoms with Crippen LogP contribution in [0, 0.1) is 19.7 Å². The number of amides is 1. The van der Waals surface area contributed by atoms with Crippen LogP contribution < -0.4 is 0 Å². The Morgan fingerprint density at radius 1 is 1.00 bits per heavy atom. The van der Waals surface area contributed by atoms with Gasteiger partial charge in [-0.25, -0.2) is 13.9 Å². The van der Waals surface area contributed by atoms with E-state index in [9.17, 15) is 9.18 Å². The highest BCUT2D eigenvalue weighted by molar-refractivity contribution is 5.94. The van der Waals surface area contributed by atoms with Gasteiger partial charge in [-0.15, -0.1) is 5.10 Å². The van der Waals surface area contributed by atoms with Crippen LogP contribution in [-0.2, 0) is 13.1 Å². The molecule has 0 atom stereocenters. The van der Waals surface area contributed by atoms with E-state index in [0.29, 0.717) is 23.7 Å². The lowest BCUT2D eigenvalue weighted by molar-refractivity contribution is 0.0725. The number of aryl methyl sites for hydroxylation is 2. The fourth-order valence-corrected chi connectivity index (χ4v) is 3.22. The molecule has 6 nitrogen and oxygen atoms in total. The first-order valence-corrected chi connectivity index (χ1v) is 9.28. The molecule has 4 aromatic rings. The summed E-state index contributed by atoms with van der Waals surface area (Å²) >= 11 is 0. The number of aromatic nitrogens is 4. The molecule has 0 aliphatic heterocycles. The van der Waals surface area contributed by atoms with E-state index in [4.69, 9.17) is 0 Å². The molecule has 4 rings (SSSR count). The van der Waals surface area contributed by atoms with E-state index in [1.165, 1.54) is 24.3 Å². The van der Waals surface area contributed by atoms with E-state index in [0.717, 1.165) is 17.0 Å². The Balaban J connectivity index is 1.67. The molecule has 0 N–H and O–H groups in total. The van der Waals surface area contributed by atoms with Gasteiger partial charge in [-0.1, -0.05) is 30.3 Å². The summed E-state index contributed by atoms with van der Waals surface area (Å²) in [5.41, 5.74) is 3.18. The largest absolute Gasteiger partial charge is 0.327 e. The zero-order valence-corrected chi connectivity index (χ0v) is 16.2. The molecule has 2 aromatic heterocycles. The summed E-state index contributed by atoms with van der Waals surface area (Å²) in [6.07, 6.45) is 0. The van der Waals surface area contributed by atoms with E-state index in [1.807, 2.05) is 50.2 Å². The van der Waals surface area contributed by atoms with Crippen LogP contribution in [0.1, 0.15) is 33.1 Å². The predicted octanol–water partition coefficient (Wildman–Crippen LogP) is 3.72. The standard InChI is InChI=1S/C22H20FN5O/c1-15-12-16(2)28-22(24-15)25-20(26-28)14-27(13-17-6-4-3-5-7-17)21(29)18-8-10-19(23)11-9-18/h3-12H,13-14H2,1-2H3. The fourth-order valence-electron chi connectivity index (χ4n) is 3.22. The van der Waals surface area contributed by atoms with Crippen LogP contribution in [0.15, 0.2) is 60.7 Å². The van der Waals surface area contributed by atoms with Gasteiger partial charge >= 0.3 is 0 Å².